The predicted molar refractivity (Wildman–Crippen MR) is 81.8 cm³/mol. The van der Waals surface area contributed by atoms with Crippen LogP contribution in [0.1, 0.15) is 24.4 Å². The Balaban J connectivity index is 1.50. The number of sulfonamides is 1. The molecule has 0 fully saturated rings. The lowest BCUT2D eigenvalue weighted by molar-refractivity contribution is 0.174. The third-order valence-corrected chi connectivity index (χ3v) is 5.46. The highest BCUT2D eigenvalue weighted by Gasteiger charge is 2.21. The molecular weight excluding hydrogens is 318 g/mol. The summed E-state index contributed by atoms with van der Waals surface area (Å²) in [5.41, 5.74) is 0.742. The second-order valence-corrected chi connectivity index (χ2v) is 7.41. The fourth-order valence-corrected chi connectivity index (χ4v) is 3.87. The third-order valence-electron chi connectivity index (χ3n) is 4.06. The van der Waals surface area contributed by atoms with Gasteiger partial charge in [-0.2, -0.15) is 0 Å². The first-order chi connectivity index (χ1) is 11.1. The number of ether oxygens (including phenoxy) is 2. The number of nitrogens with one attached hydrogen (secondary N) is 1. The Morgan fingerprint density at radius 1 is 1.22 bits per heavy atom. The van der Waals surface area contributed by atoms with Crippen molar-refractivity contribution in [2.45, 2.75) is 37.2 Å². The molecule has 0 saturated heterocycles. The quantitative estimate of drug-likeness (QED) is 0.914. The van der Waals surface area contributed by atoms with Gasteiger partial charge in [-0.15, -0.1) is 0 Å². The summed E-state index contributed by atoms with van der Waals surface area (Å²) in [5.74, 6) is 2.05. The number of aryl methyl sites for hydroxylation is 2. The monoisotopic (exact) mass is 335 g/mol. The van der Waals surface area contributed by atoms with Crippen LogP contribution in [0.15, 0.2) is 29.3 Å². The van der Waals surface area contributed by atoms with E-state index < -0.39 is 10.0 Å². The highest BCUT2D eigenvalue weighted by Crippen LogP contribution is 2.33. The molecule has 0 aliphatic carbocycles. The van der Waals surface area contributed by atoms with Crippen LogP contribution in [0, 0.1) is 0 Å². The van der Waals surface area contributed by atoms with Gasteiger partial charge in [0, 0.05) is 25.2 Å². The van der Waals surface area contributed by atoms with E-state index in [1.165, 1.54) is 12.1 Å². The van der Waals surface area contributed by atoms with Crippen LogP contribution in [0.4, 0.5) is 0 Å². The van der Waals surface area contributed by atoms with Crippen molar-refractivity contribution >= 4 is 10.0 Å². The summed E-state index contributed by atoms with van der Waals surface area (Å²) >= 11 is 0. The second kappa shape index (κ2) is 5.54. The van der Waals surface area contributed by atoms with E-state index in [0.717, 1.165) is 37.3 Å². The molecule has 0 bridgehead atoms. The van der Waals surface area contributed by atoms with Crippen molar-refractivity contribution in [3.8, 4) is 11.5 Å². The first-order valence-corrected chi connectivity index (χ1v) is 9.04. The summed E-state index contributed by atoms with van der Waals surface area (Å²) in [6.07, 6.45) is 5.16. The number of nitrogens with zero attached hydrogens (tertiary/aromatic N) is 2. The van der Waals surface area contributed by atoms with Crippen molar-refractivity contribution in [2.75, 3.05) is 6.79 Å². The predicted octanol–water partition coefficient (Wildman–Crippen LogP) is 1.43. The average molecular weight is 335 g/mol. The van der Waals surface area contributed by atoms with E-state index in [-0.39, 0.29) is 18.2 Å². The zero-order chi connectivity index (χ0) is 15.9. The maximum atomic E-state index is 12.4. The van der Waals surface area contributed by atoms with Crippen molar-refractivity contribution < 1.29 is 17.9 Å². The van der Waals surface area contributed by atoms with Crippen LogP contribution >= 0.6 is 0 Å². The van der Waals surface area contributed by atoms with E-state index in [2.05, 4.69) is 14.3 Å². The standard InChI is InChI=1S/C15H17N3O4S/c19-23(20,12-4-5-13-14(7-12)22-10-21-13)16-8-11-9-18-6-2-1-3-15(18)17-11/h4-5,7,9,16H,1-3,6,8,10H2. The number of hydrogen-bond donors (Lipinski definition) is 1. The molecule has 1 aromatic carbocycles. The Morgan fingerprint density at radius 2 is 2.09 bits per heavy atom. The molecule has 23 heavy (non-hydrogen) atoms. The van der Waals surface area contributed by atoms with E-state index in [0.29, 0.717) is 11.5 Å². The van der Waals surface area contributed by atoms with Gasteiger partial charge in [-0.3, -0.25) is 0 Å². The number of hydrogen-bond acceptors (Lipinski definition) is 5. The molecule has 8 heteroatoms. The fraction of sp³-hybridized carbons (Fsp3) is 0.400. The van der Waals surface area contributed by atoms with Crippen LogP contribution in [0.25, 0.3) is 0 Å². The van der Waals surface area contributed by atoms with Gasteiger partial charge in [0.15, 0.2) is 11.5 Å². The SMILES string of the molecule is O=S(=O)(NCc1cn2c(n1)CCCC2)c1ccc2c(c1)OCO2. The second-order valence-electron chi connectivity index (χ2n) is 5.64. The average Bonchev–Trinajstić information content (AvgIpc) is 3.18. The maximum Gasteiger partial charge on any atom is 0.241 e. The number of benzene rings is 1. The molecule has 0 amide bonds. The van der Waals surface area contributed by atoms with Crippen LogP contribution < -0.4 is 14.2 Å². The highest BCUT2D eigenvalue weighted by atomic mass is 32.2. The van der Waals surface area contributed by atoms with Crippen LogP contribution in [0.3, 0.4) is 0 Å². The molecule has 2 aliphatic rings. The van der Waals surface area contributed by atoms with E-state index in [9.17, 15) is 8.42 Å². The normalized spacial score (nSPS) is 16.3. The lowest BCUT2D eigenvalue weighted by Crippen LogP contribution is -2.23. The van der Waals surface area contributed by atoms with Crippen LogP contribution in [-0.4, -0.2) is 24.8 Å². The van der Waals surface area contributed by atoms with E-state index in [4.69, 9.17) is 9.47 Å². The topological polar surface area (TPSA) is 82.5 Å². The zero-order valence-corrected chi connectivity index (χ0v) is 13.3. The Hall–Kier alpha value is -2.06. The van der Waals surface area contributed by atoms with Crippen molar-refractivity contribution in [3.63, 3.8) is 0 Å². The lowest BCUT2D eigenvalue weighted by Gasteiger charge is -2.11. The van der Waals surface area contributed by atoms with Crippen LogP contribution in [-0.2, 0) is 29.5 Å². The summed E-state index contributed by atoms with van der Waals surface area (Å²) in [6, 6.07) is 4.59. The van der Waals surface area contributed by atoms with E-state index in [1.54, 1.807) is 6.07 Å². The molecule has 0 unspecified atom stereocenters. The summed E-state index contributed by atoms with van der Waals surface area (Å²) in [7, 11) is -3.62. The van der Waals surface area contributed by atoms with Gasteiger partial charge in [-0.25, -0.2) is 18.1 Å². The molecule has 7 nitrogen and oxygen atoms in total. The minimum atomic E-state index is -3.62. The van der Waals surface area contributed by atoms with Gasteiger partial charge in [0.05, 0.1) is 17.1 Å². The van der Waals surface area contributed by atoms with Gasteiger partial charge in [0.1, 0.15) is 5.82 Å². The highest BCUT2D eigenvalue weighted by molar-refractivity contribution is 7.89. The smallest absolute Gasteiger partial charge is 0.241 e. The lowest BCUT2D eigenvalue weighted by atomic mass is 10.2. The molecule has 0 saturated carbocycles. The summed E-state index contributed by atoms with van der Waals surface area (Å²) in [6.45, 7) is 1.25. The number of aromatic nitrogens is 2. The minimum Gasteiger partial charge on any atom is -0.454 e. The summed E-state index contributed by atoms with van der Waals surface area (Å²) in [4.78, 5) is 4.65. The molecule has 1 aromatic heterocycles. The van der Waals surface area contributed by atoms with E-state index >= 15 is 0 Å². The fourth-order valence-electron chi connectivity index (χ4n) is 2.85. The summed E-state index contributed by atoms with van der Waals surface area (Å²) in [5, 5.41) is 0. The van der Waals surface area contributed by atoms with Crippen LogP contribution in [0.5, 0.6) is 11.5 Å². The molecule has 2 aromatic rings. The third kappa shape index (κ3) is 2.79. The van der Waals surface area contributed by atoms with Crippen LogP contribution in [0.2, 0.25) is 0 Å². The van der Waals surface area contributed by atoms with Gasteiger partial charge in [0.25, 0.3) is 0 Å². The number of imidazole rings is 1. The Morgan fingerprint density at radius 3 is 2.96 bits per heavy atom. The Bertz CT molecular complexity index is 821. The largest absolute Gasteiger partial charge is 0.454 e. The van der Waals surface area contributed by atoms with Gasteiger partial charge in [-0.1, -0.05) is 0 Å². The van der Waals surface area contributed by atoms with Crippen molar-refractivity contribution in [3.05, 3.63) is 35.9 Å². The summed E-state index contributed by atoms with van der Waals surface area (Å²) < 4.78 is 39.9. The first kappa shape index (κ1) is 14.5. The Labute approximate surface area is 134 Å². The molecule has 0 spiro atoms. The van der Waals surface area contributed by atoms with Crippen molar-refractivity contribution in [1.29, 1.82) is 0 Å². The Kier molecular flexibility index (Phi) is 3.50. The van der Waals surface area contributed by atoms with Gasteiger partial charge in [0.2, 0.25) is 16.8 Å². The molecule has 1 N–H and O–H groups in total. The first-order valence-electron chi connectivity index (χ1n) is 7.56. The zero-order valence-electron chi connectivity index (χ0n) is 12.5. The molecular formula is C15H17N3O4S. The number of rotatable bonds is 4. The molecule has 0 radical (unpaired) electrons. The van der Waals surface area contributed by atoms with Gasteiger partial charge in [-0.05, 0) is 25.0 Å². The van der Waals surface area contributed by atoms with Crippen molar-refractivity contribution in [1.82, 2.24) is 14.3 Å². The van der Waals surface area contributed by atoms with Gasteiger partial charge >= 0.3 is 0 Å². The van der Waals surface area contributed by atoms with Crippen molar-refractivity contribution in [2.24, 2.45) is 0 Å². The molecule has 122 valence electrons. The maximum absolute atomic E-state index is 12.4. The van der Waals surface area contributed by atoms with E-state index in [1.807, 2.05) is 6.20 Å². The molecule has 3 heterocycles. The number of fused-ring (bicyclic) bond motifs is 2. The molecule has 4 rings (SSSR count). The molecule has 0 atom stereocenters. The van der Waals surface area contributed by atoms with Gasteiger partial charge < -0.3 is 14.0 Å². The minimum absolute atomic E-state index is 0.118. The molecule has 2 aliphatic heterocycles.